The Kier molecular flexibility index (Phi) is 7.60. The molecule has 1 aromatic heterocycles. The van der Waals surface area contributed by atoms with Crippen LogP contribution < -0.4 is 19.6 Å². The van der Waals surface area contributed by atoms with Crippen LogP contribution in [0.15, 0.2) is 27.6 Å². The van der Waals surface area contributed by atoms with Crippen LogP contribution in [0.1, 0.15) is 39.0 Å². The van der Waals surface area contributed by atoms with Crippen molar-refractivity contribution in [3.8, 4) is 17.2 Å². The Hall–Kier alpha value is -3.33. The van der Waals surface area contributed by atoms with Crippen molar-refractivity contribution in [3.63, 3.8) is 0 Å². The molecule has 0 N–H and O–H groups in total. The average molecular weight is 420 g/mol. The monoisotopic (exact) mass is 420 g/mol. The zero-order valence-corrected chi connectivity index (χ0v) is 17.7. The van der Waals surface area contributed by atoms with E-state index in [4.69, 9.17) is 28.1 Å². The van der Waals surface area contributed by atoms with Gasteiger partial charge in [-0.25, -0.2) is 4.79 Å². The van der Waals surface area contributed by atoms with Gasteiger partial charge in [-0.15, -0.1) is 0 Å². The van der Waals surface area contributed by atoms with E-state index in [1.165, 1.54) is 47.7 Å². The molecule has 0 spiro atoms. The molecule has 0 bridgehead atoms. The lowest BCUT2D eigenvalue weighted by atomic mass is 9.97. The van der Waals surface area contributed by atoms with Crippen LogP contribution in [-0.2, 0) is 15.9 Å². The minimum absolute atomic E-state index is 0.0372. The van der Waals surface area contributed by atoms with Crippen molar-refractivity contribution in [3.05, 3.63) is 51.1 Å². The number of ketones is 1. The van der Waals surface area contributed by atoms with Gasteiger partial charge in [0.25, 0.3) is 0 Å². The molecule has 0 aliphatic rings. The second-order valence-corrected chi connectivity index (χ2v) is 6.26. The van der Waals surface area contributed by atoms with E-state index in [2.05, 4.69) is 0 Å². The summed E-state index contributed by atoms with van der Waals surface area (Å²) in [7, 11) is 6.72. The summed E-state index contributed by atoms with van der Waals surface area (Å²) < 4.78 is 31.1. The number of carbonyl (C=O) groups excluding carboxylic acids is 2. The third-order valence-corrected chi connectivity index (χ3v) is 4.51. The van der Waals surface area contributed by atoms with Crippen LogP contribution in [-0.4, -0.2) is 53.4 Å². The fourth-order valence-electron chi connectivity index (χ4n) is 2.84. The first-order chi connectivity index (χ1) is 14.3. The first-order valence-corrected chi connectivity index (χ1v) is 8.93. The highest BCUT2D eigenvalue weighted by Gasteiger charge is 2.29. The van der Waals surface area contributed by atoms with E-state index in [1.54, 1.807) is 6.92 Å². The topological polar surface area (TPSA) is 110 Å². The highest BCUT2D eigenvalue weighted by atomic mass is 16.5. The van der Waals surface area contributed by atoms with Gasteiger partial charge in [-0.05, 0) is 13.0 Å². The first-order valence-electron chi connectivity index (χ1n) is 8.93. The lowest BCUT2D eigenvalue weighted by Crippen LogP contribution is -2.22. The summed E-state index contributed by atoms with van der Waals surface area (Å²) in [6, 6.07) is 2.75. The summed E-state index contributed by atoms with van der Waals surface area (Å²) in [6.07, 6.45) is 1.06. The fraction of sp³-hybridized carbons (Fsp3) is 0.381. The van der Waals surface area contributed by atoms with Crippen molar-refractivity contribution >= 4 is 11.8 Å². The molecule has 30 heavy (non-hydrogen) atoms. The molecule has 0 unspecified atom stereocenters. The SMILES string of the molecule is COC(=O)c1cc(OC)cc(OC)c1C(=O)c1coc(C[C@H](C)OC)c(OC)c1=O. The van der Waals surface area contributed by atoms with E-state index >= 15 is 0 Å². The minimum atomic E-state index is -0.794. The average Bonchev–Trinajstić information content (AvgIpc) is 2.77. The molecule has 0 saturated heterocycles. The van der Waals surface area contributed by atoms with E-state index in [1.807, 2.05) is 0 Å². The number of rotatable bonds is 9. The molecule has 2 aromatic rings. The number of hydrogen-bond acceptors (Lipinski definition) is 9. The highest BCUT2D eigenvalue weighted by molar-refractivity contribution is 6.16. The van der Waals surface area contributed by atoms with Gasteiger partial charge in [0.1, 0.15) is 23.3 Å². The van der Waals surface area contributed by atoms with Gasteiger partial charge in [-0.3, -0.25) is 9.59 Å². The van der Waals surface area contributed by atoms with Crippen LogP contribution in [0, 0.1) is 0 Å². The van der Waals surface area contributed by atoms with Gasteiger partial charge < -0.3 is 28.1 Å². The molecule has 1 heterocycles. The maximum absolute atomic E-state index is 13.3. The Labute approximate surface area is 173 Å². The summed E-state index contributed by atoms with van der Waals surface area (Å²) in [5.74, 6) is -1.14. The highest BCUT2D eigenvalue weighted by Crippen LogP contribution is 2.31. The molecule has 0 amide bonds. The second kappa shape index (κ2) is 9.93. The largest absolute Gasteiger partial charge is 0.497 e. The molecule has 0 saturated carbocycles. The number of benzene rings is 1. The lowest BCUT2D eigenvalue weighted by molar-refractivity contribution is 0.0596. The second-order valence-electron chi connectivity index (χ2n) is 6.26. The lowest BCUT2D eigenvalue weighted by Gasteiger charge is -2.15. The summed E-state index contributed by atoms with van der Waals surface area (Å²) in [5, 5.41) is 0. The maximum atomic E-state index is 13.3. The van der Waals surface area contributed by atoms with Gasteiger partial charge in [0.05, 0.1) is 45.7 Å². The first kappa shape index (κ1) is 23.0. The Morgan fingerprint density at radius 1 is 1.00 bits per heavy atom. The van der Waals surface area contributed by atoms with Crippen LogP contribution in [0.3, 0.4) is 0 Å². The molecule has 0 fully saturated rings. The number of esters is 1. The van der Waals surface area contributed by atoms with Crippen LogP contribution in [0.2, 0.25) is 0 Å². The van der Waals surface area contributed by atoms with E-state index in [0.717, 1.165) is 6.26 Å². The predicted octanol–water partition coefficient (Wildman–Crippen LogP) is 2.26. The predicted molar refractivity (Wildman–Crippen MR) is 106 cm³/mol. The van der Waals surface area contributed by atoms with Crippen molar-refractivity contribution in [2.45, 2.75) is 19.4 Å². The maximum Gasteiger partial charge on any atom is 0.338 e. The molecule has 0 aliphatic carbocycles. The molecular formula is C21H24O9. The summed E-state index contributed by atoms with van der Waals surface area (Å²) in [5.41, 5.74) is -1.28. The summed E-state index contributed by atoms with van der Waals surface area (Å²) >= 11 is 0. The molecule has 1 atom stereocenters. The summed E-state index contributed by atoms with van der Waals surface area (Å²) in [4.78, 5) is 38.5. The standard InChI is InChI=1S/C21H24O9/c1-11(25-2)7-16-20(28-5)19(23)14(10-30-16)18(22)17-13(21(24)29-6)8-12(26-3)9-15(17)27-4/h8-11H,7H2,1-6H3/t11-/m0/s1. The molecule has 162 valence electrons. The van der Waals surface area contributed by atoms with Crippen LogP contribution in [0.4, 0.5) is 0 Å². The molecule has 1 aromatic carbocycles. The Bertz CT molecular complexity index is 991. The van der Waals surface area contributed by atoms with E-state index < -0.39 is 17.2 Å². The molecule has 0 aliphatic heterocycles. The van der Waals surface area contributed by atoms with E-state index in [9.17, 15) is 14.4 Å². The normalized spacial score (nSPS) is 11.5. The van der Waals surface area contributed by atoms with Gasteiger partial charge in [-0.2, -0.15) is 0 Å². The molecule has 9 heteroatoms. The van der Waals surface area contributed by atoms with Crippen LogP contribution in [0.25, 0.3) is 0 Å². The van der Waals surface area contributed by atoms with Gasteiger partial charge in [-0.1, -0.05) is 0 Å². The van der Waals surface area contributed by atoms with Gasteiger partial charge in [0, 0.05) is 19.6 Å². The molecule has 0 radical (unpaired) electrons. The zero-order valence-electron chi connectivity index (χ0n) is 17.7. The van der Waals surface area contributed by atoms with Gasteiger partial charge in [0.2, 0.25) is 17.0 Å². The number of hydrogen-bond donors (Lipinski definition) is 0. The summed E-state index contributed by atoms with van der Waals surface area (Å²) in [6.45, 7) is 1.79. The molecule has 9 nitrogen and oxygen atoms in total. The third-order valence-electron chi connectivity index (χ3n) is 4.51. The Morgan fingerprint density at radius 2 is 1.70 bits per heavy atom. The minimum Gasteiger partial charge on any atom is -0.497 e. The Balaban J connectivity index is 2.68. The zero-order chi connectivity index (χ0) is 22.4. The van der Waals surface area contributed by atoms with Crippen molar-refractivity contribution < 1.29 is 37.7 Å². The molecule has 2 rings (SSSR count). The Morgan fingerprint density at radius 3 is 2.23 bits per heavy atom. The van der Waals surface area contributed by atoms with E-state index in [-0.39, 0.29) is 52.2 Å². The van der Waals surface area contributed by atoms with Gasteiger partial charge in [0.15, 0.2) is 5.76 Å². The van der Waals surface area contributed by atoms with Crippen molar-refractivity contribution in [2.24, 2.45) is 0 Å². The molecular weight excluding hydrogens is 396 g/mol. The number of ether oxygens (including phenoxy) is 5. The number of methoxy groups -OCH3 is 5. The quantitative estimate of drug-likeness (QED) is 0.445. The van der Waals surface area contributed by atoms with E-state index in [0.29, 0.717) is 0 Å². The van der Waals surface area contributed by atoms with Crippen molar-refractivity contribution in [2.75, 3.05) is 35.5 Å². The van der Waals surface area contributed by atoms with Crippen LogP contribution in [0.5, 0.6) is 17.2 Å². The van der Waals surface area contributed by atoms with Crippen LogP contribution >= 0.6 is 0 Å². The van der Waals surface area contributed by atoms with Gasteiger partial charge >= 0.3 is 5.97 Å². The fourth-order valence-corrected chi connectivity index (χ4v) is 2.84. The third kappa shape index (κ3) is 4.46. The van der Waals surface area contributed by atoms with Crippen molar-refractivity contribution in [1.82, 2.24) is 0 Å². The smallest absolute Gasteiger partial charge is 0.338 e. The van der Waals surface area contributed by atoms with Crippen molar-refractivity contribution in [1.29, 1.82) is 0 Å². The number of carbonyl (C=O) groups is 2.